The number of hydrogen-bond acceptors (Lipinski definition) is 1. The predicted octanol–water partition coefficient (Wildman–Crippen LogP) is 4.17. The molecule has 0 spiro atoms. The lowest BCUT2D eigenvalue weighted by atomic mass is 10.0. The van der Waals surface area contributed by atoms with Crippen molar-refractivity contribution >= 4 is 37.6 Å². The van der Waals surface area contributed by atoms with Gasteiger partial charge in [-0.05, 0) is 30.0 Å². The average Bonchev–Trinajstić information content (AvgIpc) is 2.26. The summed E-state index contributed by atoms with van der Waals surface area (Å²) in [5, 5.41) is 0.835. The molecule has 1 aromatic carbocycles. The molecule has 0 aliphatic heterocycles. The van der Waals surface area contributed by atoms with Crippen LogP contribution in [0.15, 0.2) is 18.2 Å². The monoisotopic (exact) mass is 332 g/mol. The molecule has 15 heavy (non-hydrogen) atoms. The Morgan fingerprint density at radius 3 is 2.53 bits per heavy atom. The molecule has 1 rings (SSSR count). The van der Waals surface area contributed by atoms with Gasteiger partial charge in [-0.2, -0.15) is 0 Å². The van der Waals surface area contributed by atoms with Crippen LogP contribution in [-0.4, -0.2) is 5.78 Å². The van der Waals surface area contributed by atoms with Crippen molar-refractivity contribution in [2.45, 2.75) is 30.4 Å². The number of carbonyl (C=O) groups is 1. The first-order valence-corrected chi connectivity index (χ1v) is 6.96. The third-order valence-corrected chi connectivity index (χ3v) is 4.18. The van der Waals surface area contributed by atoms with Crippen molar-refractivity contribution in [3.05, 3.63) is 34.9 Å². The minimum atomic E-state index is -0.179. The molecule has 0 radical (unpaired) electrons. The molecule has 0 bridgehead atoms. The highest BCUT2D eigenvalue weighted by atomic mass is 79.9. The van der Waals surface area contributed by atoms with E-state index in [2.05, 4.69) is 50.9 Å². The lowest BCUT2D eigenvalue weighted by molar-refractivity contribution is -0.116. The number of benzene rings is 1. The van der Waals surface area contributed by atoms with Gasteiger partial charge in [-0.25, -0.2) is 0 Å². The summed E-state index contributed by atoms with van der Waals surface area (Å²) in [5.41, 5.74) is 3.63. The molecule has 0 aliphatic carbocycles. The maximum Gasteiger partial charge on any atom is 0.147 e. The van der Waals surface area contributed by atoms with Crippen molar-refractivity contribution in [3.63, 3.8) is 0 Å². The van der Waals surface area contributed by atoms with Gasteiger partial charge in [0.2, 0.25) is 0 Å². The molecule has 3 heteroatoms. The number of aryl methyl sites for hydroxylation is 1. The highest BCUT2D eigenvalue weighted by Gasteiger charge is 2.13. The third kappa shape index (κ3) is 3.15. The number of halogens is 2. The smallest absolute Gasteiger partial charge is 0.147 e. The molecule has 1 aromatic rings. The molecule has 1 atom stereocenters. The Balaban J connectivity index is 3.07. The van der Waals surface area contributed by atoms with E-state index in [0.717, 1.165) is 17.3 Å². The van der Waals surface area contributed by atoms with Crippen LogP contribution < -0.4 is 0 Å². The van der Waals surface area contributed by atoms with E-state index in [1.165, 1.54) is 11.1 Å². The second-order valence-electron chi connectivity index (χ2n) is 3.49. The first-order valence-electron chi connectivity index (χ1n) is 4.92. The first kappa shape index (κ1) is 12.9. The summed E-state index contributed by atoms with van der Waals surface area (Å²) < 4.78 is 0. The minimum absolute atomic E-state index is 0.139. The Morgan fingerprint density at radius 2 is 2.07 bits per heavy atom. The highest BCUT2D eigenvalue weighted by Crippen LogP contribution is 2.26. The summed E-state index contributed by atoms with van der Waals surface area (Å²) in [6.07, 6.45) is 1.02. The summed E-state index contributed by atoms with van der Waals surface area (Å²) in [7, 11) is 0. The van der Waals surface area contributed by atoms with Crippen molar-refractivity contribution in [1.82, 2.24) is 0 Å². The molecule has 1 unspecified atom stereocenters. The van der Waals surface area contributed by atoms with Gasteiger partial charge in [0, 0.05) is 5.33 Å². The van der Waals surface area contributed by atoms with Crippen LogP contribution in [0.3, 0.4) is 0 Å². The van der Waals surface area contributed by atoms with Gasteiger partial charge in [0.15, 0.2) is 0 Å². The second-order valence-corrected chi connectivity index (χ2v) is 4.96. The van der Waals surface area contributed by atoms with Gasteiger partial charge in [0.25, 0.3) is 0 Å². The normalized spacial score (nSPS) is 12.5. The van der Waals surface area contributed by atoms with E-state index in [-0.39, 0.29) is 10.6 Å². The fraction of sp³-hybridized carbons (Fsp3) is 0.417. The largest absolute Gasteiger partial charge is 0.298 e. The number of hydrogen-bond donors (Lipinski definition) is 0. The Morgan fingerprint density at radius 1 is 1.40 bits per heavy atom. The number of carbonyl (C=O) groups excluding carboxylic acids is 1. The van der Waals surface area contributed by atoms with Crippen LogP contribution in [0.2, 0.25) is 0 Å². The van der Waals surface area contributed by atoms with Gasteiger partial charge in [0.1, 0.15) is 5.78 Å². The standard InChI is InChI=1S/C12H14Br2O/c1-3-9-4-5-10(6-11(9)7-13)12(14)8(2)15/h4-6,12H,3,7H2,1-2H3. The van der Waals surface area contributed by atoms with E-state index >= 15 is 0 Å². The van der Waals surface area contributed by atoms with Crippen LogP contribution >= 0.6 is 31.9 Å². The summed E-state index contributed by atoms with van der Waals surface area (Å²) in [6.45, 7) is 3.73. The molecule has 0 N–H and O–H groups in total. The SMILES string of the molecule is CCc1ccc(C(Br)C(C)=O)cc1CBr. The molecule has 0 aliphatic rings. The van der Waals surface area contributed by atoms with Crippen LogP contribution in [-0.2, 0) is 16.5 Å². The van der Waals surface area contributed by atoms with Crippen LogP contribution in [0.5, 0.6) is 0 Å². The zero-order valence-corrected chi connectivity index (χ0v) is 12.1. The third-order valence-electron chi connectivity index (χ3n) is 2.40. The van der Waals surface area contributed by atoms with Gasteiger partial charge < -0.3 is 0 Å². The maximum absolute atomic E-state index is 11.2. The maximum atomic E-state index is 11.2. The Labute approximate surface area is 108 Å². The zero-order valence-electron chi connectivity index (χ0n) is 8.89. The molecule has 1 nitrogen and oxygen atoms in total. The molecule has 0 saturated heterocycles. The molecule has 82 valence electrons. The Bertz CT molecular complexity index is 361. The van der Waals surface area contributed by atoms with Gasteiger partial charge in [-0.1, -0.05) is 57.0 Å². The van der Waals surface area contributed by atoms with E-state index in [1.807, 2.05) is 6.07 Å². The van der Waals surface area contributed by atoms with Crippen molar-refractivity contribution in [2.24, 2.45) is 0 Å². The van der Waals surface area contributed by atoms with Crippen molar-refractivity contribution in [1.29, 1.82) is 0 Å². The summed E-state index contributed by atoms with van der Waals surface area (Å²) in [5.74, 6) is 0.139. The Kier molecular flexibility index (Phi) is 5.00. The molecule has 0 heterocycles. The van der Waals surface area contributed by atoms with E-state index in [4.69, 9.17) is 0 Å². The van der Waals surface area contributed by atoms with E-state index in [9.17, 15) is 4.79 Å². The number of rotatable bonds is 4. The van der Waals surface area contributed by atoms with E-state index < -0.39 is 0 Å². The van der Waals surface area contributed by atoms with Gasteiger partial charge >= 0.3 is 0 Å². The van der Waals surface area contributed by atoms with E-state index in [0.29, 0.717) is 0 Å². The average molecular weight is 334 g/mol. The molecule has 0 fully saturated rings. The number of ketones is 1. The lowest BCUT2D eigenvalue weighted by Gasteiger charge is -2.11. The van der Waals surface area contributed by atoms with Gasteiger partial charge in [0.05, 0.1) is 4.83 Å². The Hall–Kier alpha value is -0.150. The lowest BCUT2D eigenvalue weighted by Crippen LogP contribution is -2.02. The highest BCUT2D eigenvalue weighted by molar-refractivity contribution is 9.09. The first-order chi connectivity index (χ1) is 7.10. The number of Topliss-reactive ketones (excluding diaryl/α,β-unsaturated/α-hetero) is 1. The molecule has 0 saturated carbocycles. The number of alkyl halides is 2. The summed E-state index contributed by atoms with van der Waals surface area (Å²) in [6, 6.07) is 6.21. The quantitative estimate of drug-likeness (QED) is 0.756. The fourth-order valence-corrected chi connectivity index (χ4v) is 2.31. The minimum Gasteiger partial charge on any atom is -0.298 e. The van der Waals surface area contributed by atoms with Gasteiger partial charge in [-0.3, -0.25) is 4.79 Å². The molecule has 0 aromatic heterocycles. The predicted molar refractivity (Wildman–Crippen MR) is 70.8 cm³/mol. The second kappa shape index (κ2) is 5.80. The van der Waals surface area contributed by atoms with Crippen molar-refractivity contribution in [3.8, 4) is 0 Å². The topological polar surface area (TPSA) is 17.1 Å². The summed E-state index contributed by atoms with van der Waals surface area (Å²) >= 11 is 6.86. The molecule has 0 amide bonds. The fourth-order valence-electron chi connectivity index (χ4n) is 1.51. The van der Waals surface area contributed by atoms with Crippen LogP contribution in [0.25, 0.3) is 0 Å². The van der Waals surface area contributed by atoms with Crippen LogP contribution in [0, 0.1) is 0 Å². The molecular formula is C12H14Br2O. The van der Waals surface area contributed by atoms with Crippen LogP contribution in [0.4, 0.5) is 0 Å². The zero-order chi connectivity index (χ0) is 11.4. The van der Waals surface area contributed by atoms with Crippen molar-refractivity contribution < 1.29 is 4.79 Å². The van der Waals surface area contributed by atoms with E-state index in [1.54, 1.807) is 6.92 Å². The van der Waals surface area contributed by atoms with Crippen molar-refractivity contribution in [2.75, 3.05) is 0 Å². The van der Waals surface area contributed by atoms with Gasteiger partial charge in [-0.15, -0.1) is 0 Å². The summed E-state index contributed by atoms with van der Waals surface area (Å²) in [4.78, 5) is 11.1. The molecular weight excluding hydrogens is 320 g/mol. The van der Waals surface area contributed by atoms with Crippen LogP contribution in [0.1, 0.15) is 35.4 Å².